The van der Waals surface area contributed by atoms with Gasteiger partial charge in [-0.3, -0.25) is 0 Å². The van der Waals surface area contributed by atoms with Crippen molar-refractivity contribution in [3.8, 4) is 51.3 Å². The lowest BCUT2D eigenvalue weighted by molar-refractivity contribution is 0.375. The van der Waals surface area contributed by atoms with Gasteiger partial charge in [0, 0.05) is 37.6 Å². The van der Waals surface area contributed by atoms with E-state index in [1.165, 1.54) is 165 Å². The standard InChI is InChI=1S/C62H93N3O4/c1-9-13-17-21-25-29-41-64(42-30-26-22-18-14-10-2)54-37-33-50(34-38-54)52-45-57(66-5)61(58(46-52)67-6)56(49-63)62-59(68-7)47-53(48-60(62)69-8)51-35-39-55(40-36-51)65(43-31-27-23-19-15-11-3)44-32-28-24-20-16-12-4/h33-40,45-48,56H,9-32,41-44H2,1-8H3. The quantitative estimate of drug-likeness (QED) is 0.0415. The van der Waals surface area contributed by atoms with Crippen LogP contribution in [0.25, 0.3) is 22.3 Å². The molecule has 380 valence electrons. The summed E-state index contributed by atoms with van der Waals surface area (Å²) in [6, 6.07) is 28.6. The number of nitriles is 1. The Labute approximate surface area is 421 Å². The zero-order valence-corrected chi connectivity index (χ0v) is 44.8. The van der Waals surface area contributed by atoms with Gasteiger partial charge in [0.15, 0.2) is 0 Å². The molecule has 0 fully saturated rings. The van der Waals surface area contributed by atoms with Crippen LogP contribution in [-0.2, 0) is 0 Å². The van der Waals surface area contributed by atoms with Crippen LogP contribution < -0.4 is 28.7 Å². The molecule has 0 bridgehead atoms. The highest BCUT2D eigenvalue weighted by atomic mass is 16.5. The Bertz CT molecular complexity index is 1800. The molecule has 0 spiro atoms. The number of hydrogen-bond donors (Lipinski definition) is 0. The monoisotopic (exact) mass is 944 g/mol. The average Bonchev–Trinajstić information content (AvgIpc) is 3.39. The fraction of sp³-hybridized carbons (Fsp3) is 0.597. The molecule has 0 radical (unpaired) electrons. The van der Waals surface area contributed by atoms with Gasteiger partial charge in [-0.05, 0) is 96.5 Å². The summed E-state index contributed by atoms with van der Waals surface area (Å²) in [7, 11) is 6.63. The van der Waals surface area contributed by atoms with E-state index >= 15 is 0 Å². The van der Waals surface area contributed by atoms with Gasteiger partial charge in [0.1, 0.15) is 28.9 Å². The Morgan fingerprint density at radius 1 is 0.362 bits per heavy atom. The van der Waals surface area contributed by atoms with Gasteiger partial charge in [-0.1, -0.05) is 180 Å². The number of unbranched alkanes of at least 4 members (excludes halogenated alkanes) is 20. The van der Waals surface area contributed by atoms with Crippen molar-refractivity contribution in [1.29, 1.82) is 5.26 Å². The Balaban J connectivity index is 1.59. The molecular weight excluding hydrogens is 851 g/mol. The zero-order valence-electron chi connectivity index (χ0n) is 44.8. The summed E-state index contributed by atoms with van der Waals surface area (Å²) in [5.41, 5.74) is 7.87. The van der Waals surface area contributed by atoms with Gasteiger partial charge in [0.25, 0.3) is 0 Å². The molecule has 0 amide bonds. The van der Waals surface area contributed by atoms with E-state index in [0.29, 0.717) is 34.1 Å². The van der Waals surface area contributed by atoms with Crippen molar-refractivity contribution in [3.05, 3.63) is 83.9 Å². The van der Waals surface area contributed by atoms with Crippen LogP contribution in [-0.4, -0.2) is 54.6 Å². The lowest BCUT2D eigenvalue weighted by atomic mass is 9.87. The minimum absolute atomic E-state index is 0.572. The SMILES string of the molecule is CCCCCCCCN(CCCCCCCC)c1ccc(-c2cc(OC)c(C(C#N)c3c(OC)cc(-c4ccc(N(CCCCCCCC)CCCCCCCC)cc4)cc3OC)c(OC)c2)cc1. The third-order valence-electron chi connectivity index (χ3n) is 14.1. The lowest BCUT2D eigenvalue weighted by Gasteiger charge is -2.26. The molecule has 7 heteroatoms. The molecule has 0 unspecified atom stereocenters. The van der Waals surface area contributed by atoms with Crippen LogP contribution in [0, 0.1) is 11.3 Å². The molecule has 69 heavy (non-hydrogen) atoms. The van der Waals surface area contributed by atoms with Gasteiger partial charge in [-0.2, -0.15) is 5.26 Å². The summed E-state index contributed by atoms with van der Waals surface area (Å²) in [4.78, 5) is 5.19. The molecule has 4 aromatic rings. The summed E-state index contributed by atoms with van der Waals surface area (Å²) in [5, 5.41) is 11.0. The number of nitrogens with zero attached hydrogens (tertiary/aromatic N) is 3. The van der Waals surface area contributed by atoms with Crippen LogP contribution in [0.5, 0.6) is 23.0 Å². The third kappa shape index (κ3) is 18.5. The van der Waals surface area contributed by atoms with Gasteiger partial charge in [0.2, 0.25) is 0 Å². The van der Waals surface area contributed by atoms with Crippen LogP contribution in [0.4, 0.5) is 11.4 Å². The Morgan fingerprint density at radius 2 is 0.609 bits per heavy atom. The van der Waals surface area contributed by atoms with Crippen molar-refractivity contribution in [2.24, 2.45) is 0 Å². The van der Waals surface area contributed by atoms with Gasteiger partial charge in [-0.15, -0.1) is 0 Å². The highest BCUT2D eigenvalue weighted by Crippen LogP contribution is 2.48. The van der Waals surface area contributed by atoms with E-state index in [1.807, 2.05) is 24.3 Å². The number of hydrogen-bond acceptors (Lipinski definition) is 7. The number of anilines is 2. The fourth-order valence-electron chi connectivity index (χ4n) is 9.85. The molecule has 0 aromatic heterocycles. The maximum absolute atomic E-state index is 11.0. The van der Waals surface area contributed by atoms with Gasteiger partial charge in [-0.25, -0.2) is 0 Å². The van der Waals surface area contributed by atoms with Gasteiger partial charge in [0.05, 0.1) is 45.6 Å². The second-order valence-corrected chi connectivity index (χ2v) is 19.3. The molecule has 0 aliphatic carbocycles. The van der Waals surface area contributed by atoms with Crippen LogP contribution in [0.2, 0.25) is 0 Å². The van der Waals surface area contributed by atoms with Crippen molar-refractivity contribution in [3.63, 3.8) is 0 Å². The molecule has 0 aliphatic heterocycles. The van der Waals surface area contributed by atoms with Crippen molar-refractivity contribution < 1.29 is 18.9 Å². The first-order valence-electron chi connectivity index (χ1n) is 27.5. The summed E-state index contributed by atoms with van der Waals surface area (Å²) in [6.07, 6.45) is 31.1. The largest absolute Gasteiger partial charge is 0.496 e. The van der Waals surface area contributed by atoms with E-state index in [1.54, 1.807) is 28.4 Å². The first kappa shape index (κ1) is 56.8. The maximum Gasteiger partial charge on any atom is 0.128 e. The normalized spacial score (nSPS) is 11.2. The van der Waals surface area contributed by atoms with E-state index in [-0.39, 0.29) is 0 Å². The minimum atomic E-state index is -0.803. The Hall–Kier alpha value is -4.83. The summed E-state index contributed by atoms with van der Waals surface area (Å²) >= 11 is 0. The predicted molar refractivity (Wildman–Crippen MR) is 295 cm³/mol. The predicted octanol–water partition coefficient (Wildman–Crippen LogP) is 17.8. The molecule has 0 N–H and O–H groups in total. The molecule has 4 rings (SSSR count). The lowest BCUT2D eigenvalue weighted by Crippen LogP contribution is -2.25. The van der Waals surface area contributed by atoms with Gasteiger partial charge >= 0.3 is 0 Å². The molecular formula is C62H93N3O4. The number of benzene rings is 4. The number of ether oxygens (including phenoxy) is 4. The molecule has 0 heterocycles. The maximum atomic E-state index is 11.0. The van der Waals surface area contributed by atoms with E-state index in [9.17, 15) is 5.26 Å². The Morgan fingerprint density at radius 3 is 0.841 bits per heavy atom. The second-order valence-electron chi connectivity index (χ2n) is 19.3. The van der Waals surface area contributed by atoms with E-state index in [0.717, 1.165) is 48.4 Å². The van der Waals surface area contributed by atoms with Crippen molar-refractivity contribution in [2.75, 3.05) is 64.4 Å². The second kappa shape index (κ2) is 33.7. The number of rotatable bonds is 38. The molecule has 0 saturated heterocycles. The highest BCUT2D eigenvalue weighted by molar-refractivity contribution is 5.75. The minimum Gasteiger partial charge on any atom is -0.496 e. The van der Waals surface area contributed by atoms with Gasteiger partial charge < -0.3 is 28.7 Å². The first-order chi connectivity index (χ1) is 33.9. The van der Waals surface area contributed by atoms with E-state index < -0.39 is 5.92 Å². The topological polar surface area (TPSA) is 67.2 Å². The molecule has 0 aliphatic rings. The smallest absolute Gasteiger partial charge is 0.128 e. The van der Waals surface area contributed by atoms with Crippen LogP contribution in [0.15, 0.2) is 72.8 Å². The third-order valence-corrected chi connectivity index (χ3v) is 14.1. The summed E-state index contributed by atoms with van der Waals surface area (Å²) < 4.78 is 24.5. The van der Waals surface area contributed by atoms with Crippen LogP contribution in [0.3, 0.4) is 0 Å². The van der Waals surface area contributed by atoms with E-state index in [4.69, 9.17) is 18.9 Å². The Kier molecular flexibility index (Phi) is 27.7. The molecule has 4 aromatic carbocycles. The van der Waals surface area contributed by atoms with E-state index in [2.05, 4.69) is 92.1 Å². The summed E-state index contributed by atoms with van der Waals surface area (Å²) in [5.74, 6) is 1.49. The first-order valence-corrected chi connectivity index (χ1v) is 27.5. The molecule has 0 saturated carbocycles. The summed E-state index contributed by atoms with van der Waals surface area (Å²) in [6.45, 7) is 13.5. The zero-order chi connectivity index (χ0) is 49.5. The molecule has 0 atom stereocenters. The highest BCUT2D eigenvalue weighted by Gasteiger charge is 2.30. The van der Waals surface area contributed by atoms with Crippen molar-refractivity contribution in [2.45, 2.75) is 188 Å². The molecule has 7 nitrogen and oxygen atoms in total. The van der Waals surface area contributed by atoms with Crippen molar-refractivity contribution in [1.82, 2.24) is 0 Å². The fourth-order valence-corrected chi connectivity index (χ4v) is 9.85. The average molecular weight is 944 g/mol. The van der Waals surface area contributed by atoms with Crippen LogP contribution >= 0.6 is 0 Å². The van der Waals surface area contributed by atoms with Crippen LogP contribution in [0.1, 0.15) is 199 Å². The van der Waals surface area contributed by atoms with Crippen molar-refractivity contribution >= 4 is 11.4 Å². The number of methoxy groups -OCH3 is 4.